The zero-order valence-corrected chi connectivity index (χ0v) is 14.2. The molecule has 9 heteroatoms. The molecular weight excluding hydrogens is 330 g/mol. The van der Waals surface area contributed by atoms with Gasteiger partial charge in [0.05, 0.1) is 12.0 Å². The van der Waals surface area contributed by atoms with Gasteiger partial charge >= 0.3 is 0 Å². The Kier molecular flexibility index (Phi) is 4.89. The van der Waals surface area contributed by atoms with Gasteiger partial charge in [0.25, 0.3) is 0 Å². The number of likely N-dealkylation sites (tertiary alicyclic amines) is 1. The Morgan fingerprint density at radius 1 is 1.42 bits per heavy atom. The minimum Gasteiger partial charge on any atom is -0.461 e. The van der Waals surface area contributed by atoms with E-state index in [4.69, 9.17) is 10.2 Å². The van der Waals surface area contributed by atoms with E-state index in [1.807, 2.05) is 7.05 Å². The van der Waals surface area contributed by atoms with Crippen molar-refractivity contribution in [2.45, 2.75) is 30.5 Å². The van der Waals surface area contributed by atoms with Crippen molar-refractivity contribution in [1.29, 1.82) is 0 Å². The number of furan rings is 1. The minimum absolute atomic E-state index is 0.106. The minimum atomic E-state index is -0.495. The molecule has 2 aromatic heterocycles. The summed E-state index contributed by atoms with van der Waals surface area (Å²) >= 11 is 1.29. The summed E-state index contributed by atoms with van der Waals surface area (Å²) in [4.78, 5) is 25.6. The molecule has 0 saturated carbocycles. The first-order chi connectivity index (χ1) is 11.6. The highest BCUT2D eigenvalue weighted by Gasteiger charge is 2.30. The Morgan fingerprint density at radius 2 is 2.25 bits per heavy atom. The summed E-state index contributed by atoms with van der Waals surface area (Å²) in [7, 11) is 1.82. The van der Waals surface area contributed by atoms with Gasteiger partial charge in [-0.05, 0) is 31.4 Å². The van der Waals surface area contributed by atoms with E-state index in [-0.39, 0.29) is 11.7 Å². The van der Waals surface area contributed by atoms with Crippen LogP contribution in [-0.2, 0) is 16.6 Å². The van der Waals surface area contributed by atoms with E-state index in [0.29, 0.717) is 29.7 Å². The zero-order chi connectivity index (χ0) is 17.1. The summed E-state index contributed by atoms with van der Waals surface area (Å²) in [5.74, 6) is 0.863. The van der Waals surface area contributed by atoms with Crippen molar-refractivity contribution in [2.24, 2.45) is 12.8 Å². The quantitative estimate of drug-likeness (QED) is 0.808. The number of hydrogen-bond donors (Lipinski definition) is 1. The molecule has 2 amide bonds. The molecule has 3 rings (SSSR count). The molecule has 0 radical (unpaired) electrons. The van der Waals surface area contributed by atoms with Crippen molar-refractivity contribution in [2.75, 3.05) is 12.3 Å². The van der Waals surface area contributed by atoms with Crippen LogP contribution < -0.4 is 5.73 Å². The molecule has 1 atom stereocenters. The highest BCUT2D eigenvalue weighted by atomic mass is 32.2. The molecule has 0 aliphatic carbocycles. The van der Waals surface area contributed by atoms with Crippen molar-refractivity contribution in [3.8, 4) is 11.6 Å². The maximum atomic E-state index is 12.5. The Balaban J connectivity index is 1.65. The number of aromatic nitrogens is 3. The molecule has 2 N–H and O–H groups in total. The third kappa shape index (κ3) is 3.30. The number of carbonyl (C=O) groups is 2. The molecule has 2 aromatic rings. The first kappa shape index (κ1) is 16.6. The van der Waals surface area contributed by atoms with Crippen molar-refractivity contribution in [1.82, 2.24) is 19.7 Å². The second-order valence-electron chi connectivity index (χ2n) is 5.63. The number of hydrogen-bond acceptors (Lipinski definition) is 6. The molecule has 8 nitrogen and oxygen atoms in total. The fraction of sp³-hybridized carbons (Fsp3) is 0.467. The Bertz CT molecular complexity index is 728. The van der Waals surface area contributed by atoms with E-state index in [2.05, 4.69) is 10.2 Å². The van der Waals surface area contributed by atoms with Crippen LogP contribution in [0.4, 0.5) is 0 Å². The van der Waals surface area contributed by atoms with Gasteiger partial charge in [-0.3, -0.25) is 9.59 Å². The third-order valence-electron chi connectivity index (χ3n) is 4.05. The van der Waals surface area contributed by atoms with Gasteiger partial charge in [0.2, 0.25) is 11.8 Å². The van der Waals surface area contributed by atoms with Crippen molar-refractivity contribution < 1.29 is 14.0 Å². The highest BCUT2D eigenvalue weighted by molar-refractivity contribution is 7.99. The molecule has 128 valence electrons. The lowest BCUT2D eigenvalue weighted by Crippen LogP contribution is -2.51. The summed E-state index contributed by atoms with van der Waals surface area (Å²) in [5, 5.41) is 8.80. The van der Waals surface area contributed by atoms with Gasteiger partial charge in [-0.2, -0.15) is 0 Å². The summed E-state index contributed by atoms with van der Waals surface area (Å²) in [6.07, 6.45) is 4.02. The van der Waals surface area contributed by atoms with Crippen LogP contribution in [0.3, 0.4) is 0 Å². The summed E-state index contributed by atoms with van der Waals surface area (Å²) < 4.78 is 7.09. The van der Waals surface area contributed by atoms with E-state index in [1.165, 1.54) is 11.8 Å². The fourth-order valence-electron chi connectivity index (χ4n) is 2.80. The van der Waals surface area contributed by atoms with E-state index in [9.17, 15) is 9.59 Å². The van der Waals surface area contributed by atoms with Crippen LogP contribution >= 0.6 is 11.8 Å². The van der Waals surface area contributed by atoms with Gasteiger partial charge in [0, 0.05) is 13.6 Å². The standard InChI is InChI=1S/C15H19N5O3S/c1-19-14(11-6-4-8-23-11)17-18-15(19)24-9-12(21)20-7-3-2-5-10(20)13(16)22/h4,6,8,10H,2-3,5,7,9H2,1H3,(H2,16,22)/t10-/m0/s1. The lowest BCUT2D eigenvalue weighted by Gasteiger charge is -2.33. The normalized spacial score (nSPS) is 17.9. The van der Waals surface area contributed by atoms with Crippen molar-refractivity contribution in [3.63, 3.8) is 0 Å². The van der Waals surface area contributed by atoms with Crippen LogP contribution in [0.2, 0.25) is 0 Å². The Labute approximate surface area is 143 Å². The van der Waals surface area contributed by atoms with Gasteiger partial charge in [0.1, 0.15) is 6.04 Å². The summed E-state index contributed by atoms with van der Waals surface area (Å²) in [6.45, 7) is 0.573. The molecule has 0 aromatic carbocycles. The van der Waals surface area contributed by atoms with Gasteiger partial charge in [-0.15, -0.1) is 10.2 Å². The van der Waals surface area contributed by atoms with Crippen molar-refractivity contribution >= 4 is 23.6 Å². The molecule has 1 aliphatic rings. The van der Waals surface area contributed by atoms with Gasteiger partial charge < -0.3 is 19.6 Å². The van der Waals surface area contributed by atoms with E-state index in [1.54, 1.807) is 27.9 Å². The summed E-state index contributed by atoms with van der Waals surface area (Å²) in [5.41, 5.74) is 5.41. The molecule has 1 fully saturated rings. The number of piperidine rings is 1. The summed E-state index contributed by atoms with van der Waals surface area (Å²) in [6, 6.07) is 3.08. The number of nitrogens with zero attached hydrogens (tertiary/aromatic N) is 4. The van der Waals surface area contributed by atoms with Crippen LogP contribution in [0.1, 0.15) is 19.3 Å². The zero-order valence-electron chi connectivity index (χ0n) is 13.3. The van der Waals surface area contributed by atoms with Crippen LogP contribution in [-0.4, -0.2) is 49.8 Å². The highest BCUT2D eigenvalue weighted by Crippen LogP contribution is 2.24. The molecule has 1 saturated heterocycles. The number of nitrogens with two attached hydrogens (primary N) is 1. The lowest BCUT2D eigenvalue weighted by atomic mass is 10.0. The second-order valence-corrected chi connectivity index (χ2v) is 6.57. The van der Waals surface area contributed by atoms with Crippen LogP contribution in [0.25, 0.3) is 11.6 Å². The fourth-order valence-corrected chi connectivity index (χ4v) is 3.59. The number of amides is 2. The lowest BCUT2D eigenvalue weighted by molar-refractivity contribution is -0.138. The van der Waals surface area contributed by atoms with Gasteiger partial charge in [-0.1, -0.05) is 11.8 Å². The van der Waals surface area contributed by atoms with E-state index < -0.39 is 11.9 Å². The largest absolute Gasteiger partial charge is 0.461 e. The first-order valence-corrected chi connectivity index (χ1v) is 8.71. The number of carbonyl (C=O) groups excluding carboxylic acids is 2. The van der Waals surface area contributed by atoms with E-state index >= 15 is 0 Å². The average Bonchev–Trinajstić information content (AvgIpc) is 3.22. The Morgan fingerprint density at radius 3 is 2.96 bits per heavy atom. The van der Waals surface area contributed by atoms with Crippen molar-refractivity contribution in [3.05, 3.63) is 18.4 Å². The topological polar surface area (TPSA) is 107 Å². The predicted octanol–water partition coefficient (Wildman–Crippen LogP) is 1.03. The SMILES string of the molecule is Cn1c(SCC(=O)N2CCCC[C@H]2C(N)=O)nnc1-c1ccco1. The van der Waals surface area contributed by atoms with Gasteiger partial charge in [-0.25, -0.2) is 0 Å². The number of rotatable bonds is 5. The number of primary amides is 1. The molecule has 24 heavy (non-hydrogen) atoms. The molecule has 1 aliphatic heterocycles. The molecule has 0 spiro atoms. The predicted molar refractivity (Wildman–Crippen MR) is 88.0 cm³/mol. The smallest absolute Gasteiger partial charge is 0.240 e. The monoisotopic (exact) mass is 349 g/mol. The van der Waals surface area contributed by atoms with Crippen LogP contribution in [0, 0.1) is 0 Å². The maximum Gasteiger partial charge on any atom is 0.240 e. The molecule has 0 bridgehead atoms. The van der Waals surface area contributed by atoms with Crippen LogP contribution in [0.15, 0.2) is 28.0 Å². The third-order valence-corrected chi connectivity index (χ3v) is 5.06. The average molecular weight is 349 g/mol. The maximum absolute atomic E-state index is 12.5. The van der Waals surface area contributed by atoms with Crippen LogP contribution in [0.5, 0.6) is 0 Å². The first-order valence-electron chi connectivity index (χ1n) is 7.73. The van der Waals surface area contributed by atoms with Gasteiger partial charge in [0.15, 0.2) is 16.7 Å². The second kappa shape index (κ2) is 7.08. The molecular formula is C15H19N5O3S. The van der Waals surface area contributed by atoms with E-state index in [0.717, 1.165) is 12.8 Å². The molecule has 3 heterocycles. The molecule has 0 unspecified atom stereocenters. The number of thioether (sulfide) groups is 1. The Hall–Kier alpha value is -2.29.